The van der Waals surface area contributed by atoms with Crippen LogP contribution in [0.4, 0.5) is 0 Å². The number of nitriles is 1. The summed E-state index contributed by atoms with van der Waals surface area (Å²) in [6.07, 6.45) is 0.817. The van der Waals surface area contributed by atoms with Gasteiger partial charge in [-0.15, -0.1) is 0 Å². The molecule has 1 heterocycles. The molecule has 2 rings (SSSR count). The van der Waals surface area contributed by atoms with Crippen molar-refractivity contribution < 1.29 is 0 Å². The first kappa shape index (κ1) is 12.4. The summed E-state index contributed by atoms with van der Waals surface area (Å²) in [4.78, 5) is 5.17. The number of hydrogen-bond donors (Lipinski definition) is 0. The van der Waals surface area contributed by atoms with Crippen molar-refractivity contribution in [3.8, 4) is 6.07 Å². The van der Waals surface area contributed by atoms with E-state index in [1.54, 1.807) is 6.07 Å². The number of rotatable bonds is 3. The normalized spacial score (nSPS) is 10.2. The third kappa shape index (κ3) is 2.78. The molecule has 6 heteroatoms. The van der Waals surface area contributed by atoms with Crippen molar-refractivity contribution in [1.82, 2.24) is 9.36 Å². The minimum Gasteiger partial charge on any atom is -0.213 e. The van der Waals surface area contributed by atoms with Gasteiger partial charge in [0.15, 0.2) is 4.34 Å². The van der Waals surface area contributed by atoms with E-state index in [1.165, 1.54) is 23.3 Å². The number of halogens is 1. The third-order valence-electron chi connectivity index (χ3n) is 2.05. The van der Waals surface area contributed by atoms with Gasteiger partial charge < -0.3 is 0 Å². The predicted molar refractivity (Wildman–Crippen MR) is 69.6 cm³/mol. The van der Waals surface area contributed by atoms with Crippen molar-refractivity contribution in [3.05, 3.63) is 34.6 Å². The molecule has 0 aliphatic rings. The summed E-state index contributed by atoms with van der Waals surface area (Å²) >= 11 is 8.73. The van der Waals surface area contributed by atoms with Gasteiger partial charge >= 0.3 is 0 Å². The molecule has 0 amide bonds. The maximum absolute atomic E-state index is 9.05. The minimum absolute atomic E-state index is 0.470. The SMILES string of the molecule is CCc1nsc(Sc2cccc(Cl)c2C#N)n1. The maximum atomic E-state index is 9.05. The van der Waals surface area contributed by atoms with E-state index in [0.717, 1.165) is 21.5 Å². The average molecular weight is 282 g/mol. The molecule has 0 saturated heterocycles. The number of aryl methyl sites for hydroxylation is 1. The van der Waals surface area contributed by atoms with Crippen LogP contribution in [0.1, 0.15) is 18.3 Å². The Morgan fingerprint density at radius 3 is 3.00 bits per heavy atom. The molecule has 1 aromatic heterocycles. The standard InChI is InChI=1S/C11H8ClN3S2/c1-2-10-14-11(17-15-10)16-9-5-3-4-8(12)7(9)6-13/h3-5H,2H2,1H3. The molecule has 0 bridgehead atoms. The Morgan fingerprint density at radius 1 is 1.53 bits per heavy atom. The molecule has 0 radical (unpaired) electrons. The molecule has 86 valence electrons. The largest absolute Gasteiger partial charge is 0.213 e. The Hall–Kier alpha value is -1.09. The van der Waals surface area contributed by atoms with Crippen LogP contribution in [-0.2, 0) is 6.42 Å². The van der Waals surface area contributed by atoms with Gasteiger partial charge in [0.05, 0.1) is 10.6 Å². The van der Waals surface area contributed by atoms with E-state index in [2.05, 4.69) is 15.4 Å². The van der Waals surface area contributed by atoms with Gasteiger partial charge in [-0.2, -0.15) is 9.64 Å². The highest BCUT2D eigenvalue weighted by Crippen LogP contribution is 2.34. The Bertz CT molecular complexity index is 574. The fourth-order valence-corrected chi connectivity index (χ4v) is 3.26. The fraction of sp³-hybridized carbons (Fsp3) is 0.182. The molecule has 0 aliphatic heterocycles. The van der Waals surface area contributed by atoms with Crippen LogP contribution in [0.5, 0.6) is 0 Å². The van der Waals surface area contributed by atoms with E-state index in [4.69, 9.17) is 16.9 Å². The Kier molecular flexibility index (Phi) is 4.00. The predicted octanol–water partition coefficient (Wildman–Crippen LogP) is 3.78. The summed E-state index contributed by atoms with van der Waals surface area (Å²) in [7, 11) is 0. The summed E-state index contributed by atoms with van der Waals surface area (Å²) in [5.41, 5.74) is 0.493. The molecule has 0 unspecified atom stereocenters. The first-order valence-electron chi connectivity index (χ1n) is 4.93. The molecule has 0 spiro atoms. The zero-order valence-electron chi connectivity index (χ0n) is 8.98. The van der Waals surface area contributed by atoms with Crippen molar-refractivity contribution >= 4 is 34.9 Å². The van der Waals surface area contributed by atoms with Crippen LogP contribution >= 0.6 is 34.9 Å². The first-order chi connectivity index (χ1) is 8.24. The molecular weight excluding hydrogens is 274 g/mol. The van der Waals surface area contributed by atoms with Crippen LogP contribution in [0.3, 0.4) is 0 Å². The smallest absolute Gasteiger partial charge is 0.174 e. The molecular formula is C11H8ClN3S2. The van der Waals surface area contributed by atoms with Crippen LogP contribution in [0, 0.1) is 11.3 Å². The van der Waals surface area contributed by atoms with Crippen molar-refractivity contribution in [1.29, 1.82) is 5.26 Å². The van der Waals surface area contributed by atoms with E-state index in [-0.39, 0.29) is 0 Å². The second-order valence-electron chi connectivity index (χ2n) is 3.16. The Labute approximate surface area is 113 Å². The zero-order valence-corrected chi connectivity index (χ0v) is 11.4. The summed E-state index contributed by atoms with van der Waals surface area (Å²) < 4.78 is 5.04. The second kappa shape index (κ2) is 5.50. The molecule has 0 atom stereocenters. The van der Waals surface area contributed by atoms with E-state index in [1.807, 2.05) is 19.1 Å². The van der Waals surface area contributed by atoms with Crippen LogP contribution < -0.4 is 0 Å². The molecule has 0 aliphatic carbocycles. The third-order valence-corrected chi connectivity index (χ3v) is 4.21. The van der Waals surface area contributed by atoms with Gasteiger partial charge in [-0.05, 0) is 23.7 Å². The number of nitrogens with zero attached hydrogens (tertiary/aromatic N) is 3. The van der Waals surface area contributed by atoms with Gasteiger partial charge in [0.1, 0.15) is 11.9 Å². The molecule has 0 fully saturated rings. The van der Waals surface area contributed by atoms with Gasteiger partial charge in [-0.1, -0.05) is 36.4 Å². The van der Waals surface area contributed by atoms with Gasteiger partial charge in [0, 0.05) is 11.3 Å². The Balaban J connectivity index is 2.30. The number of benzene rings is 1. The second-order valence-corrected chi connectivity index (χ2v) is 5.61. The molecule has 2 aromatic rings. The topological polar surface area (TPSA) is 49.6 Å². The molecule has 0 N–H and O–H groups in total. The average Bonchev–Trinajstić information content (AvgIpc) is 2.77. The summed E-state index contributed by atoms with van der Waals surface area (Å²) in [5.74, 6) is 0.832. The highest BCUT2D eigenvalue weighted by molar-refractivity contribution is 8.01. The lowest BCUT2D eigenvalue weighted by atomic mass is 10.2. The number of hydrogen-bond acceptors (Lipinski definition) is 5. The van der Waals surface area contributed by atoms with E-state index in [0.29, 0.717) is 10.6 Å². The Morgan fingerprint density at radius 2 is 2.35 bits per heavy atom. The summed E-state index contributed by atoms with van der Waals surface area (Å²) in [6.45, 7) is 2.01. The highest BCUT2D eigenvalue weighted by atomic mass is 35.5. The van der Waals surface area contributed by atoms with Gasteiger partial charge in [-0.3, -0.25) is 0 Å². The van der Waals surface area contributed by atoms with Crippen molar-refractivity contribution in [3.63, 3.8) is 0 Å². The van der Waals surface area contributed by atoms with Crippen LogP contribution in [0.2, 0.25) is 5.02 Å². The number of aromatic nitrogens is 2. The first-order valence-corrected chi connectivity index (χ1v) is 6.90. The van der Waals surface area contributed by atoms with E-state index in [9.17, 15) is 0 Å². The zero-order chi connectivity index (χ0) is 12.3. The highest BCUT2D eigenvalue weighted by Gasteiger charge is 2.10. The van der Waals surface area contributed by atoms with Gasteiger partial charge in [0.25, 0.3) is 0 Å². The monoisotopic (exact) mass is 281 g/mol. The van der Waals surface area contributed by atoms with Crippen LogP contribution in [0.15, 0.2) is 27.4 Å². The van der Waals surface area contributed by atoms with Crippen molar-refractivity contribution in [2.45, 2.75) is 22.6 Å². The van der Waals surface area contributed by atoms with Crippen molar-refractivity contribution in [2.75, 3.05) is 0 Å². The van der Waals surface area contributed by atoms with E-state index < -0.39 is 0 Å². The van der Waals surface area contributed by atoms with Gasteiger partial charge in [0.2, 0.25) is 0 Å². The van der Waals surface area contributed by atoms with E-state index >= 15 is 0 Å². The molecule has 1 aromatic carbocycles. The van der Waals surface area contributed by atoms with Crippen LogP contribution in [0.25, 0.3) is 0 Å². The maximum Gasteiger partial charge on any atom is 0.174 e. The van der Waals surface area contributed by atoms with Crippen LogP contribution in [-0.4, -0.2) is 9.36 Å². The minimum atomic E-state index is 0.470. The lowest BCUT2D eigenvalue weighted by molar-refractivity contribution is 0.971. The fourth-order valence-electron chi connectivity index (χ4n) is 1.21. The van der Waals surface area contributed by atoms with Crippen molar-refractivity contribution in [2.24, 2.45) is 0 Å². The quantitative estimate of drug-likeness (QED) is 0.859. The lowest BCUT2D eigenvalue weighted by Crippen LogP contribution is -1.84. The van der Waals surface area contributed by atoms with Gasteiger partial charge in [-0.25, -0.2) is 4.98 Å². The molecule has 17 heavy (non-hydrogen) atoms. The summed E-state index contributed by atoms with van der Waals surface area (Å²) in [5, 5.41) is 9.52. The summed E-state index contributed by atoms with van der Waals surface area (Å²) in [6, 6.07) is 7.51. The lowest BCUT2D eigenvalue weighted by Gasteiger charge is -2.01. The molecule has 0 saturated carbocycles. The molecule has 3 nitrogen and oxygen atoms in total.